The van der Waals surface area contributed by atoms with E-state index in [4.69, 9.17) is 26.8 Å². The van der Waals surface area contributed by atoms with Crippen LogP contribution >= 0.6 is 24.0 Å². The maximum Gasteiger partial charge on any atom is 0.323 e. The highest BCUT2D eigenvalue weighted by Gasteiger charge is 2.34. The van der Waals surface area contributed by atoms with Crippen molar-refractivity contribution < 1.29 is 14.3 Å². The van der Waals surface area contributed by atoms with E-state index in [-0.39, 0.29) is 24.6 Å². The van der Waals surface area contributed by atoms with Gasteiger partial charge in [-0.25, -0.2) is 0 Å². The predicted molar refractivity (Wildman–Crippen MR) is 99.0 cm³/mol. The third-order valence-electron chi connectivity index (χ3n) is 4.35. The maximum atomic E-state index is 11.8. The van der Waals surface area contributed by atoms with Gasteiger partial charge in [-0.15, -0.1) is 12.4 Å². The fourth-order valence-electron chi connectivity index (χ4n) is 3.07. The van der Waals surface area contributed by atoms with Gasteiger partial charge in [0.05, 0.1) is 5.02 Å². The van der Waals surface area contributed by atoms with E-state index >= 15 is 0 Å². The number of hydrogen-bond donors (Lipinski definition) is 1. The maximum absolute atomic E-state index is 11.8. The van der Waals surface area contributed by atoms with Crippen molar-refractivity contribution in [1.82, 2.24) is 0 Å². The van der Waals surface area contributed by atoms with Crippen LogP contribution in [-0.4, -0.2) is 24.2 Å². The van der Waals surface area contributed by atoms with Crippen LogP contribution in [0.1, 0.15) is 45.1 Å². The van der Waals surface area contributed by atoms with Crippen LogP contribution in [0.25, 0.3) is 0 Å². The number of carbonyl (C=O) groups is 1. The van der Waals surface area contributed by atoms with Gasteiger partial charge in [-0.1, -0.05) is 30.5 Å². The van der Waals surface area contributed by atoms with Crippen molar-refractivity contribution in [1.29, 1.82) is 0 Å². The van der Waals surface area contributed by atoms with E-state index in [1.807, 2.05) is 32.0 Å². The van der Waals surface area contributed by atoms with Crippen LogP contribution in [0.5, 0.6) is 5.75 Å². The Morgan fingerprint density at radius 3 is 2.46 bits per heavy atom. The van der Waals surface area contributed by atoms with Crippen LogP contribution in [0, 0.1) is 12.8 Å². The molecule has 0 saturated heterocycles. The molecule has 0 bridgehead atoms. The number of nitrogens with two attached hydrogens (primary N) is 1. The predicted octanol–water partition coefficient (Wildman–Crippen LogP) is 4.29. The molecule has 4 nitrogen and oxygen atoms in total. The monoisotopic (exact) mass is 375 g/mol. The lowest BCUT2D eigenvalue weighted by atomic mass is 9.96. The Kier molecular flexibility index (Phi) is 8.34. The molecule has 1 aromatic rings. The zero-order chi connectivity index (χ0) is 17.0. The summed E-state index contributed by atoms with van der Waals surface area (Å²) in [7, 11) is 0. The van der Waals surface area contributed by atoms with Crippen LogP contribution in [-0.2, 0) is 9.53 Å². The normalized spacial score (nSPS) is 18.4. The molecule has 0 aromatic heterocycles. The SMILES string of the molecule is Cc1ccc(O[C@H](C2CCCC2)[C@H](C)OC(=O)[C@H](C)N)c(Cl)c1.Cl. The summed E-state index contributed by atoms with van der Waals surface area (Å²) < 4.78 is 11.7. The molecule has 1 saturated carbocycles. The van der Waals surface area contributed by atoms with Crippen molar-refractivity contribution in [3.8, 4) is 5.75 Å². The summed E-state index contributed by atoms with van der Waals surface area (Å²) in [6.07, 6.45) is 3.94. The van der Waals surface area contributed by atoms with Crippen molar-refractivity contribution in [3.05, 3.63) is 28.8 Å². The first-order valence-corrected chi connectivity index (χ1v) is 8.65. The van der Waals surface area contributed by atoms with Crippen LogP contribution < -0.4 is 10.5 Å². The average Bonchev–Trinajstić information content (AvgIpc) is 3.00. The Hall–Kier alpha value is -0.970. The number of rotatable bonds is 6. The van der Waals surface area contributed by atoms with Crippen molar-refractivity contribution in [2.45, 2.75) is 64.7 Å². The fraction of sp³-hybridized carbons (Fsp3) is 0.611. The number of esters is 1. The minimum atomic E-state index is -0.635. The van der Waals surface area contributed by atoms with Gasteiger partial charge in [0, 0.05) is 0 Å². The molecule has 1 aliphatic carbocycles. The summed E-state index contributed by atoms with van der Waals surface area (Å²) in [5, 5.41) is 0.582. The fourth-order valence-corrected chi connectivity index (χ4v) is 3.35. The third-order valence-corrected chi connectivity index (χ3v) is 4.65. The summed E-state index contributed by atoms with van der Waals surface area (Å²) in [6, 6.07) is 5.08. The summed E-state index contributed by atoms with van der Waals surface area (Å²) >= 11 is 6.29. The second-order valence-electron chi connectivity index (χ2n) is 6.49. The van der Waals surface area contributed by atoms with Gasteiger partial charge in [-0.05, 0) is 57.2 Å². The van der Waals surface area contributed by atoms with Crippen molar-refractivity contribution in [2.24, 2.45) is 11.7 Å². The van der Waals surface area contributed by atoms with Crippen LogP contribution in [0.15, 0.2) is 18.2 Å². The van der Waals surface area contributed by atoms with E-state index in [0.717, 1.165) is 18.4 Å². The van der Waals surface area contributed by atoms with E-state index in [9.17, 15) is 4.79 Å². The molecule has 0 unspecified atom stereocenters. The van der Waals surface area contributed by atoms with Gasteiger partial charge < -0.3 is 15.2 Å². The van der Waals surface area contributed by atoms with Gasteiger partial charge in [-0.2, -0.15) is 0 Å². The highest BCUT2D eigenvalue weighted by atomic mass is 35.5. The van der Waals surface area contributed by atoms with Gasteiger partial charge in [0.2, 0.25) is 0 Å². The van der Waals surface area contributed by atoms with E-state index < -0.39 is 12.0 Å². The average molecular weight is 376 g/mol. The zero-order valence-corrected chi connectivity index (χ0v) is 16.0. The Morgan fingerprint density at radius 2 is 1.92 bits per heavy atom. The lowest BCUT2D eigenvalue weighted by Crippen LogP contribution is -2.41. The van der Waals surface area contributed by atoms with Crippen molar-refractivity contribution in [2.75, 3.05) is 0 Å². The molecule has 3 atom stereocenters. The molecule has 1 fully saturated rings. The first-order valence-electron chi connectivity index (χ1n) is 8.27. The molecular weight excluding hydrogens is 349 g/mol. The van der Waals surface area contributed by atoms with E-state index in [2.05, 4.69) is 0 Å². The van der Waals surface area contributed by atoms with Crippen LogP contribution in [0.3, 0.4) is 0 Å². The summed E-state index contributed by atoms with van der Waals surface area (Å²) in [4.78, 5) is 11.8. The Balaban J connectivity index is 0.00000288. The van der Waals surface area contributed by atoms with Crippen molar-refractivity contribution in [3.63, 3.8) is 0 Å². The molecule has 2 rings (SSSR count). The van der Waals surface area contributed by atoms with E-state index in [0.29, 0.717) is 16.7 Å². The topological polar surface area (TPSA) is 61.5 Å². The molecule has 6 heteroatoms. The quantitative estimate of drug-likeness (QED) is 0.753. The van der Waals surface area contributed by atoms with Crippen LogP contribution in [0.4, 0.5) is 0 Å². The Bertz CT molecular complexity index is 545. The molecule has 0 amide bonds. The van der Waals surface area contributed by atoms with Crippen LogP contribution in [0.2, 0.25) is 5.02 Å². The molecule has 136 valence electrons. The smallest absolute Gasteiger partial charge is 0.323 e. The second-order valence-corrected chi connectivity index (χ2v) is 6.90. The van der Waals surface area contributed by atoms with Gasteiger partial charge >= 0.3 is 5.97 Å². The van der Waals surface area contributed by atoms with Gasteiger partial charge in [-0.3, -0.25) is 4.79 Å². The van der Waals surface area contributed by atoms with Gasteiger partial charge in [0.1, 0.15) is 24.0 Å². The standard InChI is InChI=1S/C18H26ClNO3.ClH/c1-11-8-9-16(15(19)10-11)23-17(14-6-4-5-7-14)13(3)22-18(21)12(2)20;/h8-10,12-14,17H,4-7,20H2,1-3H3;1H/t12-,13-,17-;/m0./s1. The van der Waals surface area contributed by atoms with Gasteiger partial charge in [0.25, 0.3) is 0 Å². The highest BCUT2D eigenvalue weighted by molar-refractivity contribution is 6.32. The number of carbonyl (C=O) groups excluding carboxylic acids is 1. The molecule has 1 aliphatic rings. The minimum absolute atomic E-state index is 0. The van der Waals surface area contributed by atoms with Gasteiger partial charge in [0.15, 0.2) is 0 Å². The van der Waals surface area contributed by atoms with Crippen molar-refractivity contribution >= 4 is 30.0 Å². The lowest BCUT2D eigenvalue weighted by Gasteiger charge is -2.30. The largest absolute Gasteiger partial charge is 0.485 e. The van der Waals surface area contributed by atoms with E-state index in [1.54, 1.807) is 6.92 Å². The summed E-state index contributed by atoms with van der Waals surface area (Å²) in [5.41, 5.74) is 6.67. The zero-order valence-electron chi connectivity index (χ0n) is 14.5. The summed E-state index contributed by atoms with van der Waals surface area (Å²) in [6.45, 7) is 5.47. The minimum Gasteiger partial charge on any atom is -0.485 e. The highest BCUT2D eigenvalue weighted by Crippen LogP contribution is 2.35. The molecule has 0 spiro atoms. The number of ether oxygens (including phenoxy) is 2. The molecule has 24 heavy (non-hydrogen) atoms. The third kappa shape index (κ3) is 5.54. The lowest BCUT2D eigenvalue weighted by molar-refractivity contribution is -0.155. The molecule has 2 N–H and O–H groups in total. The first-order chi connectivity index (χ1) is 10.9. The Morgan fingerprint density at radius 1 is 1.29 bits per heavy atom. The number of aryl methyl sites for hydroxylation is 1. The molecule has 0 aliphatic heterocycles. The first kappa shape index (κ1) is 21.1. The number of benzene rings is 1. The number of halogens is 2. The second kappa shape index (κ2) is 9.50. The molecular formula is C18H27Cl2NO3. The number of hydrogen-bond acceptors (Lipinski definition) is 4. The molecule has 1 aromatic carbocycles. The summed E-state index contributed by atoms with van der Waals surface area (Å²) in [5.74, 6) is 0.597. The molecule has 0 radical (unpaired) electrons. The van der Waals surface area contributed by atoms with E-state index in [1.165, 1.54) is 12.8 Å². The Labute approximate surface area is 155 Å². The molecule has 0 heterocycles.